The first-order chi connectivity index (χ1) is 7.15. The van der Waals surface area contributed by atoms with Gasteiger partial charge in [-0.25, -0.2) is 0 Å². The SMILES string of the molecule is COCCCN1CCC(NC(C)C)C1=O. The molecule has 15 heavy (non-hydrogen) atoms. The van der Waals surface area contributed by atoms with Crippen molar-refractivity contribution in [3.8, 4) is 0 Å². The smallest absolute Gasteiger partial charge is 0.239 e. The molecule has 0 aromatic carbocycles. The second kappa shape index (κ2) is 6.08. The van der Waals surface area contributed by atoms with Crippen molar-refractivity contribution < 1.29 is 9.53 Å². The molecule has 0 spiro atoms. The lowest BCUT2D eigenvalue weighted by molar-refractivity contribution is -0.129. The highest BCUT2D eigenvalue weighted by atomic mass is 16.5. The van der Waals surface area contributed by atoms with Gasteiger partial charge in [0.25, 0.3) is 0 Å². The molecular formula is C11H22N2O2. The summed E-state index contributed by atoms with van der Waals surface area (Å²) >= 11 is 0. The van der Waals surface area contributed by atoms with Crippen LogP contribution >= 0.6 is 0 Å². The predicted octanol–water partition coefficient (Wildman–Crippen LogP) is 0.622. The number of nitrogens with one attached hydrogen (secondary N) is 1. The van der Waals surface area contributed by atoms with Crippen LogP contribution in [-0.4, -0.2) is 49.7 Å². The minimum absolute atomic E-state index is 0.0348. The van der Waals surface area contributed by atoms with Crippen LogP contribution in [0, 0.1) is 0 Å². The molecule has 88 valence electrons. The molecule has 1 aliphatic heterocycles. The van der Waals surface area contributed by atoms with E-state index in [4.69, 9.17) is 4.74 Å². The standard InChI is InChI=1S/C11H22N2O2/c1-9(2)12-10-5-7-13(11(10)14)6-4-8-15-3/h9-10,12H,4-8H2,1-3H3. The molecule has 1 amide bonds. The van der Waals surface area contributed by atoms with Crippen molar-refractivity contribution in [1.82, 2.24) is 10.2 Å². The minimum Gasteiger partial charge on any atom is -0.385 e. The Morgan fingerprint density at radius 2 is 2.33 bits per heavy atom. The minimum atomic E-state index is 0.0348. The number of ether oxygens (including phenoxy) is 1. The lowest BCUT2D eigenvalue weighted by Gasteiger charge is -2.18. The summed E-state index contributed by atoms with van der Waals surface area (Å²) < 4.78 is 4.97. The monoisotopic (exact) mass is 214 g/mol. The van der Waals surface area contributed by atoms with E-state index in [0.717, 1.165) is 32.5 Å². The largest absolute Gasteiger partial charge is 0.385 e. The van der Waals surface area contributed by atoms with Gasteiger partial charge < -0.3 is 15.0 Å². The van der Waals surface area contributed by atoms with Gasteiger partial charge in [-0.1, -0.05) is 13.8 Å². The topological polar surface area (TPSA) is 41.6 Å². The van der Waals surface area contributed by atoms with Crippen molar-refractivity contribution in [3.05, 3.63) is 0 Å². The third-order valence-electron chi connectivity index (χ3n) is 2.61. The molecule has 1 unspecified atom stereocenters. The molecule has 1 atom stereocenters. The molecule has 0 radical (unpaired) electrons. The van der Waals surface area contributed by atoms with Gasteiger partial charge in [0.15, 0.2) is 0 Å². The summed E-state index contributed by atoms with van der Waals surface area (Å²) in [5.41, 5.74) is 0. The van der Waals surface area contributed by atoms with E-state index in [-0.39, 0.29) is 11.9 Å². The van der Waals surface area contributed by atoms with Gasteiger partial charge in [-0.15, -0.1) is 0 Å². The van der Waals surface area contributed by atoms with Gasteiger partial charge in [-0.2, -0.15) is 0 Å². The van der Waals surface area contributed by atoms with E-state index in [1.807, 2.05) is 4.90 Å². The highest BCUT2D eigenvalue weighted by Crippen LogP contribution is 2.12. The van der Waals surface area contributed by atoms with E-state index in [9.17, 15) is 4.79 Å². The van der Waals surface area contributed by atoms with Gasteiger partial charge in [0.1, 0.15) is 0 Å². The Labute approximate surface area is 92.0 Å². The fraction of sp³-hybridized carbons (Fsp3) is 0.909. The first-order valence-corrected chi connectivity index (χ1v) is 5.69. The number of carbonyl (C=O) groups excluding carboxylic acids is 1. The average molecular weight is 214 g/mol. The zero-order valence-corrected chi connectivity index (χ0v) is 9.95. The summed E-state index contributed by atoms with van der Waals surface area (Å²) in [6.07, 6.45) is 1.86. The van der Waals surface area contributed by atoms with Crippen LogP contribution in [0.3, 0.4) is 0 Å². The molecule has 0 bridgehead atoms. The maximum absolute atomic E-state index is 11.9. The Hall–Kier alpha value is -0.610. The quantitative estimate of drug-likeness (QED) is 0.659. The number of amides is 1. The van der Waals surface area contributed by atoms with Gasteiger partial charge in [0, 0.05) is 32.8 Å². The van der Waals surface area contributed by atoms with Gasteiger partial charge in [0.2, 0.25) is 5.91 Å². The van der Waals surface area contributed by atoms with Crippen molar-refractivity contribution in [3.63, 3.8) is 0 Å². The molecule has 1 fully saturated rings. The average Bonchev–Trinajstić information content (AvgIpc) is 2.49. The van der Waals surface area contributed by atoms with Crippen molar-refractivity contribution >= 4 is 5.91 Å². The van der Waals surface area contributed by atoms with Gasteiger partial charge in [-0.3, -0.25) is 4.79 Å². The normalized spacial score (nSPS) is 21.7. The summed E-state index contributed by atoms with van der Waals surface area (Å²) in [5, 5.41) is 3.29. The van der Waals surface area contributed by atoms with Crippen LogP contribution in [0.1, 0.15) is 26.7 Å². The molecular weight excluding hydrogens is 192 g/mol. The fourth-order valence-electron chi connectivity index (χ4n) is 1.92. The van der Waals surface area contributed by atoms with Crippen molar-refractivity contribution in [1.29, 1.82) is 0 Å². The molecule has 1 aliphatic rings. The number of hydrogen-bond acceptors (Lipinski definition) is 3. The molecule has 0 aromatic heterocycles. The van der Waals surface area contributed by atoms with Crippen molar-refractivity contribution in [2.45, 2.75) is 38.8 Å². The Balaban J connectivity index is 2.29. The summed E-state index contributed by atoms with van der Waals surface area (Å²) in [6.45, 7) is 6.57. The number of nitrogens with zero attached hydrogens (tertiary/aromatic N) is 1. The number of carbonyl (C=O) groups is 1. The lowest BCUT2D eigenvalue weighted by Crippen LogP contribution is -2.41. The maximum Gasteiger partial charge on any atom is 0.239 e. The highest BCUT2D eigenvalue weighted by molar-refractivity contribution is 5.83. The number of hydrogen-bond donors (Lipinski definition) is 1. The van der Waals surface area contributed by atoms with Crippen molar-refractivity contribution in [2.75, 3.05) is 26.8 Å². The summed E-state index contributed by atoms with van der Waals surface area (Å²) in [4.78, 5) is 13.8. The molecule has 4 heteroatoms. The van der Waals surface area contributed by atoms with E-state index in [1.165, 1.54) is 0 Å². The second-order valence-corrected chi connectivity index (χ2v) is 4.33. The Kier molecular flexibility index (Phi) is 5.05. The van der Waals surface area contributed by atoms with Crippen LogP contribution in [0.25, 0.3) is 0 Å². The van der Waals surface area contributed by atoms with Gasteiger partial charge in [0.05, 0.1) is 6.04 Å². The molecule has 1 heterocycles. The van der Waals surface area contributed by atoms with Crippen LogP contribution in [0.15, 0.2) is 0 Å². The first-order valence-electron chi connectivity index (χ1n) is 5.69. The number of likely N-dealkylation sites (tertiary alicyclic amines) is 1. The predicted molar refractivity (Wildman–Crippen MR) is 59.7 cm³/mol. The van der Waals surface area contributed by atoms with E-state index < -0.39 is 0 Å². The molecule has 0 saturated carbocycles. The fourth-order valence-corrected chi connectivity index (χ4v) is 1.92. The van der Waals surface area contributed by atoms with Crippen LogP contribution < -0.4 is 5.32 Å². The second-order valence-electron chi connectivity index (χ2n) is 4.33. The molecule has 1 rings (SSSR count). The van der Waals surface area contributed by atoms with E-state index in [2.05, 4.69) is 19.2 Å². The van der Waals surface area contributed by atoms with Gasteiger partial charge >= 0.3 is 0 Å². The highest BCUT2D eigenvalue weighted by Gasteiger charge is 2.30. The number of methoxy groups -OCH3 is 1. The van der Waals surface area contributed by atoms with E-state index >= 15 is 0 Å². The Morgan fingerprint density at radius 1 is 1.60 bits per heavy atom. The third kappa shape index (κ3) is 3.80. The summed E-state index contributed by atoms with van der Waals surface area (Å²) in [7, 11) is 1.69. The number of rotatable bonds is 6. The van der Waals surface area contributed by atoms with Crippen LogP contribution in [0.4, 0.5) is 0 Å². The van der Waals surface area contributed by atoms with Crippen LogP contribution in [-0.2, 0) is 9.53 Å². The molecule has 1 N–H and O–H groups in total. The molecule has 1 saturated heterocycles. The van der Waals surface area contributed by atoms with E-state index in [0.29, 0.717) is 6.04 Å². The van der Waals surface area contributed by atoms with Gasteiger partial charge in [-0.05, 0) is 12.8 Å². The van der Waals surface area contributed by atoms with E-state index in [1.54, 1.807) is 7.11 Å². The van der Waals surface area contributed by atoms with Crippen LogP contribution in [0.5, 0.6) is 0 Å². The molecule has 0 aromatic rings. The molecule has 0 aliphatic carbocycles. The zero-order valence-electron chi connectivity index (χ0n) is 9.95. The van der Waals surface area contributed by atoms with Crippen molar-refractivity contribution in [2.24, 2.45) is 0 Å². The maximum atomic E-state index is 11.9. The Bertz CT molecular complexity index is 207. The zero-order chi connectivity index (χ0) is 11.3. The summed E-state index contributed by atoms with van der Waals surface area (Å²) in [5.74, 6) is 0.250. The third-order valence-corrected chi connectivity index (χ3v) is 2.61. The first kappa shape index (κ1) is 12.5. The van der Waals surface area contributed by atoms with Crippen LogP contribution in [0.2, 0.25) is 0 Å². The lowest BCUT2D eigenvalue weighted by atomic mass is 10.2. The Morgan fingerprint density at radius 3 is 2.93 bits per heavy atom. The molecule has 4 nitrogen and oxygen atoms in total. The summed E-state index contributed by atoms with van der Waals surface area (Å²) in [6, 6.07) is 0.408.